The number of nitrogens with one attached hydrogen (secondary N) is 1. The van der Waals surface area contributed by atoms with E-state index in [1.807, 2.05) is 4.90 Å². The number of nitrogens with zero attached hydrogens (tertiary/aromatic N) is 3. The van der Waals surface area contributed by atoms with Crippen molar-refractivity contribution in [3.05, 3.63) is 12.0 Å². The van der Waals surface area contributed by atoms with Crippen LogP contribution in [0.4, 0.5) is 16.2 Å². The molecule has 1 aliphatic heterocycles. The van der Waals surface area contributed by atoms with Crippen molar-refractivity contribution in [1.29, 1.82) is 0 Å². The smallest absolute Gasteiger partial charge is 0.224 e. The summed E-state index contributed by atoms with van der Waals surface area (Å²) in [6.07, 6.45) is 3.23. The Morgan fingerprint density at radius 2 is 2.42 bits per heavy atom. The predicted octanol–water partition coefficient (Wildman–Crippen LogP) is 1.91. The molecule has 0 aromatic carbocycles. The summed E-state index contributed by atoms with van der Waals surface area (Å²) in [5.74, 6) is 0.979. The van der Waals surface area contributed by atoms with Gasteiger partial charge in [-0.05, 0) is 12.8 Å². The Balaban J connectivity index is 2.06. The van der Waals surface area contributed by atoms with Gasteiger partial charge in [0.25, 0.3) is 0 Å². The van der Waals surface area contributed by atoms with Gasteiger partial charge >= 0.3 is 0 Å². The summed E-state index contributed by atoms with van der Waals surface area (Å²) in [5.41, 5.74) is 0. The van der Waals surface area contributed by atoms with E-state index in [2.05, 4.69) is 22.2 Å². The molecule has 0 amide bonds. The molecule has 0 spiro atoms. The van der Waals surface area contributed by atoms with Crippen molar-refractivity contribution in [2.45, 2.75) is 19.8 Å². The summed E-state index contributed by atoms with van der Waals surface area (Å²) < 4.78 is 19.0. The molecule has 0 bridgehead atoms. The van der Waals surface area contributed by atoms with Gasteiger partial charge in [-0.2, -0.15) is 4.98 Å². The minimum Gasteiger partial charge on any atom is -0.384 e. The zero-order valence-electron chi connectivity index (χ0n) is 11.5. The molecule has 1 atom stereocenters. The third-order valence-corrected chi connectivity index (χ3v) is 3.25. The summed E-state index contributed by atoms with van der Waals surface area (Å²) >= 11 is 0. The summed E-state index contributed by atoms with van der Waals surface area (Å²) in [4.78, 5) is 10.2. The van der Waals surface area contributed by atoms with Gasteiger partial charge in [-0.1, -0.05) is 6.92 Å². The number of halogens is 1. The van der Waals surface area contributed by atoms with Crippen molar-refractivity contribution in [3.63, 3.8) is 0 Å². The first kappa shape index (κ1) is 14.0. The van der Waals surface area contributed by atoms with Crippen LogP contribution in [-0.4, -0.2) is 43.3 Å². The lowest BCUT2D eigenvalue weighted by Gasteiger charge is -2.18. The fourth-order valence-electron chi connectivity index (χ4n) is 2.30. The normalized spacial score (nSPS) is 18.9. The average molecular weight is 268 g/mol. The zero-order chi connectivity index (χ0) is 13.7. The monoisotopic (exact) mass is 268 g/mol. The second-order valence-electron chi connectivity index (χ2n) is 4.85. The second kappa shape index (κ2) is 6.65. The number of ether oxygens (including phenoxy) is 1. The second-order valence-corrected chi connectivity index (χ2v) is 4.85. The van der Waals surface area contributed by atoms with Crippen LogP contribution in [0.25, 0.3) is 0 Å². The van der Waals surface area contributed by atoms with Gasteiger partial charge in [-0.3, -0.25) is 0 Å². The van der Waals surface area contributed by atoms with Gasteiger partial charge in [0.05, 0.1) is 12.8 Å². The van der Waals surface area contributed by atoms with Crippen LogP contribution in [0.15, 0.2) is 6.20 Å². The molecule has 1 aromatic heterocycles. The van der Waals surface area contributed by atoms with Crippen LogP contribution in [0.5, 0.6) is 0 Å². The lowest BCUT2D eigenvalue weighted by Crippen LogP contribution is -2.24. The molecule has 0 radical (unpaired) electrons. The van der Waals surface area contributed by atoms with Gasteiger partial charge < -0.3 is 15.0 Å². The van der Waals surface area contributed by atoms with Crippen LogP contribution in [0.3, 0.4) is 0 Å². The van der Waals surface area contributed by atoms with Crippen LogP contribution in [-0.2, 0) is 4.74 Å². The molecule has 0 saturated carbocycles. The number of hydrogen-bond acceptors (Lipinski definition) is 5. The number of methoxy groups -OCH3 is 1. The molecule has 1 saturated heterocycles. The van der Waals surface area contributed by atoms with E-state index in [9.17, 15) is 4.39 Å². The molecule has 1 aromatic rings. The van der Waals surface area contributed by atoms with Crippen LogP contribution >= 0.6 is 0 Å². The minimum absolute atomic E-state index is 0.361. The number of rotatable bonds is 6. The fourth-order valence-corrected chi connectivity index (χ4v) is 2.30. The first-order valence-corrected chi connectivity index (χ1v) is 6.75. The predicted molar refractivity (Wildman–Crippen MR) is 73.0 cm³/mol. The van der Waals surface area contributed by atoms with E-state index in [1.54, 1.807) is 7.11 Å². The Bertz CT molecular complexity index is 416. The van der Waals surface area contributed by atoms with Crippen LogP contribution < -0.4 is 10.2 Å². The van der Waals surface area contributed by atoms with Gasteiger partial charge in [0, 0.05) is 32.7 Å². The molecule has 1 N–H and O–H groups in total. The van der Waals surface area contributed by atoms with E-state index >= 15 is 0 Å². The van der Waals surface area contributed by atoms with E-state index in [-0.39, 0.29) is 5.82 Å². The van der Waals surface area contributed by atoms with Crippen molar-refractivity contribution >= 4 is 11.8 Å². The Labute approximate surface area is 113 Å². The van der Waals surface area contributed by atoms with Crippen molar-refractivity contribution < 1.29 is 9.13 Å². The summed E-state index contributed by atoms with van der Waals surface area (Å²) in [5, 5.41) is 3.08. The van der Waals surface area contributed by atoms with E-state index < -0.39 is 0 Å². The van der Waals surface area contributed by atoms with Crippen molar-refractivity contribution in [1.82, 2.24) is 9.97 Å². The van der Waals surface area contributed by atoms with Crippen LogP contribution in [0.2, 0.25) is 0 Å². The SMILES string of the molecule is CCCNc1ncc(F)c(N2CCC(COC)C2)n1. The maximum absolute atomic E-state index is 13.8. The molecule has 0 aliphatic carbocycles. The zero-order valence-corrected chi connectivity index (χ0v) is 11.5. The lowest BCUT2D eigenvalue weighted by molar-refractivity contribution is 0.161. The van der Waals surface area contributed by atoms with E-state index in [0.717, 1.165) is 32.5 Å². The number of aromatic nitrogens is 2. The third kappa shape index (κ3) is 3.53. The summed E-state index contributed by atoms with van der Waals surface area (Å²) in [6, 6.07) is 0. The van der Waals surface area contributed by atoms with Gasteiger partial charge in [0.15, 0.2) is 11.6 Å². The Morgan fingerprint density at radius 3 is 3.16 bits per heavy atom. The van der Waals surface area contributed by atoms with Crippen LogP contribution in [0, 0.1) is 11.7 Å². The summed E-state index contributed by atoms with van der Waals surface area (Å²) in [6.45, 7) is 5.17. The molecular weight excluding hydrogens is 247 g/mol. The third-order valence-electron chi connectivity index (χ3n) is 3.25. The minimum atomic E-state index is -0.361. The molecule has 6 heteroatoms. The molecule has 1 unspecified atom stereocenters. The van der Waals surface area contributed by atoms with Gasteiger partial charge in [0.1, 0.15) is 0 Å². The van der Waals surface area contributed by atoms with Crippen molar-refractivity contribution in [3.8, 4) is 0 Å². The first-order chi connectivity index (χ1) is 9.24. The maximum Gasteiger partial charge on any atom is 0.224 e. The van der Waals surface area contributed by atoms with Gasteiger partial charge in [-0.15, -0.1) is 0 Å². The molecule has 5 nitrogen and oxygen atoms in total. The molecule has 1 fully saturated rings. The van der Waals surface area contributed by atoms with E-state index in [4.69, 9.17) is 4.74 Å². The lowest BCUT2D eigenvalue weighted by atomic mass is 10.1. The number of anilines is 2. The highest BCUT2D eigenvalue weighted by Gasteiger charge is 2.25. The van der Waals surface area contributed by atoms with Gasteiger partial charge in [-0.25, -0.2) is 9.37 Å². The average Bonchev–Trinajstić information content (AvgIpc) is 2.87. The Hall–Kier alpha value is -1.43. The quantitative estimate of drug-likeness (QED) is 0.854. The van der Waals surface area contributed by atoms with E-state index in [0.29, 0.717) is 24.3 Å². The van der Waals surface area contributed by atoms with E-state index in [1.165, 1.54) is 6.20 Å². The molecule has 2 heterocycles. The number of hydrogen-bond donors (Lipinski definition) is 1. The molecule has 1 aliphatic rings. The van der Waals surface area contributed by atoms with Crippen molar-refractivity contribution in [2.24, 2.45) is 5.92 Å². The molecule has 19 heavy (non-hydrogen) atoms. The topological polar surface area (TPSA) is 50.3 Å². The highest BCUT2D eigenvalue weighted by molar-refractivity contribution is 5.44. The van der Waals surface area contributed by atoms with Crippen molar-refractivity contribution in [2.75, 3.05) is 43.6 Å². The molecule has 106 valence electrons. The maximum atomic E-state index is 13.8. The molecule has 2 rings (SSSR count). The first-order valence-electron chi connectivity index (χ1n) is 6.75. The fraction of sp³-hybridized carbons (Fsp3) is 0.692. The molecular formula is C13H21FN4O. The standard InChI is InChI=1S/C13H21FN4O/c1-3-5-15-13-16-7-11(14)12(17-13)18-6-4-10(8-18)9-19-2/h7,10H,3-6,8-9H2,1-2H3,(H,15,16,17). The highest BCUT2D eigenvalue weighted by Crippen LogP contribution is 2.25. The Kier molecular flexibility index (Phi) is 4.90. The largest absolute Gasteiger partial charge is 0.384 e. The highest BCUT2D eigenvalue weighted by atomic mass is 19.1. The van der Waals surface area contributed by atoms with Gasteiger partial charge in [0.2, 0.25) is 5.95 Å². The van der Waals surface area contributed by atoms with Crippen LogP contribution in [0.1, 0.15) is 19.8 Å². The Morgan fingerprint density at radius 1 is 1.58 bits per heavy atom. The summed E-state index contributed by atoms with van der Waals surface area (Å²) in [7, 11) is 1.70.